The number of aliphatic hydroxyl groups is 2. The Morgan fingerprint density at radius 2 is 2.08 bits per heavy atom. The zero-order chi connectivity index (χ0) is 10.1. The molecule has 0 aliphatic rings. The van der Waals surface area contributed by atoms with Crippen LogP contribution < -0.4 is 0 Å². The van der Waals surface area contributed by atoms with Gasteiger partial charge in [-0.05, 0) is 19.8 Å². The quantitative estimate of drug-likeness (QED) is 0.448. The topological polar surface area (TPSA) is 66.8 Å². The molecule has 0 spiro atoms. The molecular formula is C9H18O4. The number of unbranched alkanes of at least 4 members (excludes halogenated alkanes) is 1. The zero-order valence-corrected chi connectivity index (χ0v) is 8.03. The molecule has 0 aliphatic heterocycles. The Morgan fingerprint density at radius 3 is 2.54 bits per heavy atom. The zero-order valence-electron chi connectivity index (χ0n) is 8.03. The van der Waals surface area contributed by atoms with Gasteiger partial charge in [0.25, 0.3) is 0 Å². The largest absolute Gasteiger partial charge is 0.466 e. The predicted molar refractivity (Wildman–Crippen MR) is 48.1 cm³/mol. The number of esters is 1. The molecule has 0 aromatic heterocycles. The molecule has 0 amide bonds. The van der Waals surface area contributed by atoms with Crippen LogP contribution in [0.1, 0.15) is 26.2 Å². The maximum atomic E-state index is 11.1. The first kappa shape index (κ1) is 12.4. The molecule has 78 valence electrons. The normalized spacial score (nSPS) is 12.5. The highest BCUT2D eigenvalue weighted by atomic mass is 16.5. The monoisotopic (exact) mass is 190 g/mol. The number of carbonyl (C=O) groups is 1. The third-order valence-electron chi connectivity index (χ3n) is 1.80. The van der Waals surface area contributed by atoms with Gasteiger partial charge in [-0.3, -0.25) is 4.79 Å². The van der Waals surface area contributed by atoms with Gasteiger partial charge in [0.1, 0.15) is 0 Å². The molecule has 0 aromatic carbocycles. The fraction of sp³-hybridized carbons (Fsp3) is 0.889. The van der Waals surface area contributed by atoms with Crippen LogP contribution >= 0.6 is 0 Å². The molecule has 1 unspecified atom stereocenters. The van der Waals surface area contributed by atoms with E-state index in [2.05, 4.69) is 0 Å². The molecule has 0 aromatic rings. The van der Waals surface area contributed by atoms with Crippen molar-refractivity contribution < 1.29 is 19.7 Å². The van der Waals surface area contributed by atoms with Gasteiger partial charge in [0.15, 0.2) is 0 Å². The first-order valence-electron chi connectivity index (χ1n) is 4.64. The summed E-state index contributed by atoms with van der Waals surface area (Å²) in [5.41, 5.74) is 0. The lowest BCUT2D eigenvalue weighted by molar-refractivity contribution is -0.149. The van der Waals surface area contributed by atoms with Gasteiger partial charge in [-0.15, -0.1) is 0 Å². The van der Waals surface area contributed by atoms with Crippen molar-refractivity contribution in [2.75, 3.05) is 19.8 Å². The molecule has 1 atom stereocenters. The van der Waals surface area contributed by atoms with Gasteiger partial charge in [-0.2, -0.15) is 0 Å². The molecule has 0 saturated carbocycles. The van der Waals surface area contributed by atoms with Crippen LogP contribution in [0.4, 0.5) is 0 Å². The number of rotatable bonds is 7. The van der Waals surface area contributed by atoms with Crippen LogP contribution in [0.3, 0.4) is 0 Å². The van der Waals surface area contributed by atoms with Gasteiger partial charge < -0.3 is 14.9 Å². The summed E-state index contributed by atoms with van der Waals surface area (Å²) in [5.74, 6) is -0.769. The van der Waals surface area contributed by atoms with Gasteiger partial charge in [-0.25, -0.2) is 0 Å². The van der Waals surface area contributed by atoms with Crippen LogP contribution in [0.5, 0.6) is 0 Å². The second kappa shape index (κ2) is 8.01. The first-order chi connectivity index (χ1) is 6.26. The van der Waals surface area contributed by atoms with Crippen LogP contribution in [0, 0.1) is 5.92 Å². The number of hydrogen-bond acceptors (Lipinski definition) is 4. The third-order valence-corrected chi connectivity index (χ3v) is 1.80. The maximum Gasteiger partial charge on any atom is 0.311 e. The van der Waals surface area contributed by atoms with Gasteiger partial charge in [0.2, 0.25) is 0 Å². The summed E-state index contributed by atoms with van der Waals surface area (Å²) >= 11 is 0. The summed E-state index contributed by atoms with van der Waals surface area (Å²) in [4.78, 5) is 11.1. The molecular weight excluding hydrogens is 172 g/mol. The average molecular weight is 190 g/mol. The van der Waals surface area contributed by atoms with E-state index >= 15 is 0 Å². The highest BCUT2D eigenvalue weighted by molar-refractivity contribution is 5.72. The summed E-state index contributed by atoms with van der Waals surface area (Å²) in [7, 11) is 0. The van der Waals surface area contributed by atoms with Crippen molar-refractivity contribution >= 4 is 5.97 Å². The molecule has 0 saturated heterocycles. The Morgan fingerprint density at radius 1 is 1.38 bits per heavy atom. The van der Waals surface area contributed by atoms with Crippen LogP contribution in [0.2, 0.25) is 0 Å². The molecule has 0 radical (unpaired) electrons. The molecule has 0 bridgehead atoms. The highest BCUT2D eigenvalue weighted by Gasteiger charge is 2.17. The Hall–Kier alpha value is -0.610. The number of aliphatic hydroxyl groups excluding tert-OH is 2. The Kier molecular flexibility index (Phi) is 7.63. The van der Waals surface area contributed by atoms with E-state index < -0.39 is 5.92 Å². The van der Waals surface area contributed by atoms with E-state index in [0.717, 1.165) is 6.42 Å². The second-order valence-corrected chi connectivity index (χ2v) is 2.85. The predicted octanol–water partition coefficient (Wildman–Crippen LogP) is 0.321. The summed E-state index contributed by atoms with van der Waals surface area (Å²) in [5, 5.41) is 17.4. The minimum absolute atomic E-state index is 0.126. The van der Waals surface area contributed by atoms with E-state index in [1.165, 1.54) is 0 Å². The Bertz CT molecular complexity index is 136. The van der Waals surface area contributed by atoms with Crippen LogP contribution in [-0.4, -0.2) is 36.0 Å². The summed E-state index contributed by atoms with van der Waals surface area (Å²) in [6, 6.07) is 0. The third kappa shape index (κ3) is 5.60. The van der Waals surface area contributed by atoms with Crippen molar-refractivity contribution in [3.05, 3.63) is 0 Å². The molecule has 0 rings (SSSR count). The minimum atomic E-state index is -0.425. The van der Waals surface area contributed by atoms with Crippen molar-refractivity contribution in [3.63, 3.8) is 0 Å². The lowest BCUT2D eigenvalue weighted by atomic mass is 10.0. The number of ether oxygens (including phenoxy) is 1. The van der Waals surface area contributed by atoms with E-state index in [9.17, 15) is 4.79 Å². The van der Waals surface area contributed by atoms with E-state index in [4.69, 9.17) is 14.9 Å². The highest BCUT2D eigenvalue weighted by Crippen LogP contribution is 2.09. The molecule has 4 heteroatoms. The first-order valence-corrected chi connectivity index (χ1v) is 4.64. The molecule has 4 nitrogen and oxygen atoms in total. The van der Waals surface area contributed by atoms with Crippen LogP contribution in [-0.2, 0) is 9.53 Å². The summed E-state index contributed by atoms with van der Waals surface area (Å²) in [6.07, 6.45) is 1.98. The summed E-state index contributed by atoms with van der Waals surface area (Å²) in [6.45, 7) is 2.03. The summed E-state index contributed by atoms with van der Waals surface area (Å²) < 4.78 is 4.76. The van der Waals surface area contributed by atoms with Gasteiger partial charge >= 0.3 is 5.97 Å². The average Bonchev–Trinajstić information content (AvgIpc) is 2.13. The standard InChI is InChI=1S/C9H18O4/c1-2-13-9(12)8(7-11)5-3-4-6-10/h8,10-11H,2-7H2,1H3. The van der Waals surface area contributed by atoms with Gasteiger partial charge in [0.05, 0.1) is 19.1 Å². The van der Waals surface area contributed by atoms with Crippen LogP contribution in [0.25, 0.3) is 0 Å². The fourth-order valence-electron chi connectivity index (χ4n) is 1.05. The minimum Gasteiger partial charge on any atom is -0.466 e. The van der Waals surface area contributed by atoms with E-state index in [1.54, 1.807) is 6.92 Å². The van der Waals surface area contributed by atoms with Crippen molar-refractivity contribution in [1.29, 1.82) is 0 Å². The molecule has 0 heterocycles. The van der Waals surface area contributed by atoms with E-state index in [-0.39, 0.29) is 19.2 Å². The van der Waals surface area contributed by atoms with Gasteiger partial charge in [-0.1, -0.05) is 6.42 Å². The molecule has 0 fully saturated rings. The van der Waals surface area contributed by atoms with E-state index in [0.29, 0.717) is 19.4 Å². The fourth-order valence-corrected chi connectivity index (χ4v) is 1.05. The smallest absolute Gasteiger partial charge is 0.311 e. The van der Waals surface area contributed by atoms with Gasteiger partial charge in [0, 0.05) is 6.61 Å². The maximum absolute atomic E-state index is 11.1. The van der Waals surface area contributed by atoms with Crippen molar-refractivity contribution in [2.45, 2.75) is 26.2 Å². The van der Waals surface area contributed by atoms with Crippen molar-refractivity contribution in [3.8, 4) is 0 Å². The van der Waals surface area contributed by atoms with E-state index in [1.807, 2.05) is 0 Å². The Labute approximate surface area is 78.5 Å². The van der Waals surface area contributed by atoms with Crippen molar-refractivity contribution in [1.82, 2.24) is 0 Å². The van der Waals surface area contributed by atoms with Crippen LogP contribution in [0.15, 0.2) is 0 Å². The Balaban J connectivity index is 3.67. The lowest BCUT2D eigenvalue weighted by Crippen LogP contribution is -2.21. The molecule has 2 N–H and O–H groups in total. The van der Waals surface area contributed by atoms with Crippen molar-refractivity contribution in [2.24, 2.45) is 5.92 Å². The number of carbonyl (C=O) groups excluding carboxylic acids is 1. The lowest BCUT2D eigenvalue weighted by Gasteiger charge is -2.11. The second-order valence-electron chi connectivity index (χ2n) is 2.85. The SMILES string of the molecule is CCOC(=O)C(CO)CCCCO. The molecule has 13 heavy (non-hydrogen) atoms. The molecule has 0 aliphatic carbocycles. The number of hydrogen-bond donors (Lipinski definition) is 2.